The van der Waals surface area contributed by atoms with E-state index in [1.54, 1.807) is 0 Å². The van der Waals surface area contributed by atoms with Gasteiger partial charge in [-0.25, -0.2) is 8.42 Å². The van der Waals surface area contributed by atoms with Gasteiger partial charge in [-0.15, -0.1) is 11.6 Å². The number of rotatable bonds is 1. The summed E-state index contributed by atoms with van der Waals surface area (Å²) in [7, 11) is -3.00. The molecule has 0 unspecified atom stereocenters. The highest BCUT2D eigenvalue weighted by Gasteiger charge is 2.36. The lowest BCUT2D eigenvalue weighted by Crippen LogP contribution is -2.43. The second kappa shape index (κ2) is 3.35. The van der Waals surface area contributed by atoms with Gasteiger partial charge in [0, 0.05) is 0 Å². The molecule has 7 heteroatoms. The molecule has 1 heterocycles. The molecule has 0 radical (unpaired) electrons. The molecule has 0 aromatic heterocycles. The third kappa shape index (κ3) is 2.46. The minimum Gasteiger partial charge on any atom is -0.376 e. The van der Waals surface area contributed by atoms with Crippen molar-refractivity contribution >= 4 is 38.8 Å². The van der Waals surface area contributed by atoms with Crippen molar-refractivity contribution in [2.45, 2.75) is 11.4 Å². The Morgan fingerprint density at radius 2 is 2.17 bits per heavy atom. The third-order valence-electron chi connectivity index (χ3n) is 1.61. The molecule has 12 heavy (non-hydrogen) atoms. The summed E-state index contributed by atoms with van der Waals surface area (Å²) in [5.74, 6) is 0.00728. The first-order chi connectivity index (χ1) is 5.41. The zero-order chi connectivity index (χ0) is 9.35. The van der Waals surface area contributed by atoms with Crippen LogP contribution in [0.15, 0.2) is 0 Å². The molecule has 0 spiro atoms. The fourth-order valence-corrected chi connectivity index (χ4v) is 3.82. The van der Waals surface area contributed by atoms with Crippen molar-refractivity contribution < 1.29 is 8.42 Å². The zero-order valence-corrected chi connectivity index (χ0v) is 8.55. The lowest BCUT2D eigenvalue weighted by atomic mass is 10.3. The highest BCUT2D eigenvalue weighted by molar-refractivity contribution is 7.91. The van der Waals surface area contributed by atoms with E-state index in [-0.39, 0.29) is 22.7 Å². The molecule has 4 nitrogen and oxygen atoms in total. The summed E-state index contributed by atoms with van der Waals surface area (Å²) < 4.78 is 22.0. The zero-order valence-electron chi connectivity index (χ0n) is 6.16. The molecule has 0 amide bonds. The molecule has 0 aromatic rings. The van der Waals surface area contributed by atoms with Gasteiger partial charge in [-0.3, -0.25) is 0 Å². The number of hydrogen-bond donors (Lipinski definition) is 2. The van der Waals surface area contributed by atoms with Crippen molar-refractivity contribution in [3.05, 3.63) is 0 Å². The quantitative estimate of drug-likeness (QED) is 0.455. The maximum Gasteiger partial charge on any atom is 0.163 e. The summed E-state index contributed by atoms with van der Waals surface area (Å²) >= 11 is 10.3. The number of sulfone groups is 1. The van der Waals surface area contributed by atoms with Crippen LogP contribution in [0.25, 0.3) is 0 Å². The van der Waals surface area contributed by atoms with Crippen LogP contribution >= 0.6 is 23.8 Å². The molecular weight excluding hydrogens is 220 g/mol. The smallest absolute Gasteiger partial charge is 0.163 e. The molecule has 70 valence electrons. The van der Waals surface area contributed by atoms with Gasteiger partial charge in [0.25, 0.3) is 0 Å². The van der Waals surface area contributed by atoms with Crippen LogP contribution in [0.5, 0.6) is 0 Å². The van der Waals surface area contributed by atoms with Gasteiger partial charge in [0.05, 0.1) is 22.9 Å². The van der Waals surface area contributed by atoms with E-state index in [0.717, 1.165) is 0 Å². The predicted molar refractivity (Wildman–Crippen MR) is 52.0 cm³/mol. The van der Waals surface area contributed by atoms with Crippen LogP contribution < -0.4 is 11.1 Å². The van der Waals surface area contributed by atoms with Crippen molar-refractivity contribution in [1.82, 2.24) is 5.32 Å². The minimum atomic E-state index is -3.00. The van der Waals surface area contributed by atoms with Gasteiger partial charge >= 0.3 is 0 Å². The normalized spacial score (nSPS) is 33.1. The number of alkyl halides is 1. The summed E-state index contributed by atoms with van der Waals surface area (Å²) in [6.45, 7) is 0. The van der Waals surface area contributed by atoms with E-state index < -0.39 is 15.2 Å². The van der Waals surface area contributed by atoms with Gasteiger partial charge in [-0.2, -0.15) is 0 Å². The molecule has 1 saturated heterocycles. The first-order valence-electron chi connectivity index (χ1n) is 3.31. The Morgan fingerprint density at radius 1 is 1.58 bits per heavy atom. The Kier molecular flexibility index (Phi) is 2.80. The minimum absolute atomic E-state index is 0.00512. The maximum absolute atomic E-state index is 11.0. The number of thiocarbonyl (C=S) groups is 1. The largest absolute Gasteiger partial charge is 0.376 e. The Hall–Kier alpha value is -0.0700. The van der Waals surface area contributed by atoms with Gasteiger partial charge in [0.2, 0.25) is 0 Å². The molecule has 1 rings (SSSR count). The molecule has 0 bridgehead atoms. The Bertz CT molecular complexity index is 290. The molecule has 0 aliphatic carbocycles. The first kappa shape index (κ1) is 10.0. The number of nitrogens with one attached hydrogen (secondary N) is 1. The lowest BCUT2D eigenvalue weighted by Gasteiger charge is -2.13. The average molecular weight is 229 g/mol. The summed E-state index contributed by atoms with van der Waals surface area (Å²) in [5, 5.41) is 2.30. The third-order valence-corrected chi connectivity index (χ3v) is 4.10. The van der Waals surface area contributed by atoms with Crippen LogP contribution in [-0.2, 0) is 9.84 Å². The van der Waals surface area contributed by atoms with E-state index in [1.807, 2.05) is 0 Å². The molecule has 0 aromatic carbocycles. The standard InChI is InChI=1S/C5H9ClN2O2S2/c6-3-1-12(9,10)2-4(3)8-5(7)11/h3-4H,1-2H2,(H3,7,8,11)/t3-,4-/m0/s1. The lowest BCUT2D eigenvalue weighted by molar-refractivity contribution is 0.600. The van der Waals surface area contributed by atoms with E-state index >= 15 is 0 Å². The van der Waals surface area contributed by atoms with Crippen molar-refractivity contribution in [1.29, 1.82) is 0 Å². The van der Waals surface area contributed by atoms with Crippen LogP contribution in [-0.4, -0.2) is 36.5 Å². The Balaban J connectivity index is 2.64. The van der Waals surface area contributed by atoms with E-state index in [0.29, 0.717) is 0 Å². The van der Waals surface area contributed by atoms with Crippen molar-refractivity contribution in [3.8, 4) is 0 Å². The van der Waals surface area contributed by atoms with Crippen molar-refractivity contribution in [2.24, 2.45) is 5.73 Å². The fourth-order valence-electron chi connectivity index (χ4n) is 1.12. The average Bonchev–Trinajstić information content (AvgIpc) is 2.03. The van der Waals surface area contributed by atoms with E-state index in [9.17, 15) is 8.42 Å². The molecule has 2 atom stereocenters. The monoisotopic (exact) mass is 228 g/mol. The SMILES string of the molecule is NC(=S)N[C@H]1CS(=O)(=O)C[C@@H]1Cl. The number of nitrogens with two attached hydrogens (primary N) is 1. The van der Waals surface area contributed by atoms with Crippen molar-refractivity contribution in [3.63, 3.8) is 0 Å². The van der Waals surface area contributed by atoms with Gasteiger partial charge < -0.3 is 11.1 Å². The van der Waals surface area contributed by atoms with Crippen LogP contribution in [0.2, 0.25) is 0 Å². The fraction of sp³-hybridized carbons (Fsp3) is 0.800. The number of hydrogen-bond acceptors (Lipinski definition) is 3. The molecule has 1 aliphatic rings. The molecule has 1 aliphatic heterocycles. The highest BCUT2D eigenvalue weighted by Crippen LogP contribution is 2.17. The summed E-state index contributed by atoms with van der Waals surface area (Å²) in [6, 6.07) is -0.339. The van der Waals surface area contributed by atoms with Gasteiger partial charge in [-0.05, 0) is 12.2 Å². The summed E-state index contributed by atoms with van der Waals surface area (Å²) in [6.07, 6.45) is 0. The van der Waals surface area contributed by atoms with Crippen LogP contribution in [0.3, 0.4) is 0 Å². The van der Waals surface area contributed by atoms with Gasteiger partial charge in [0.1, 0.15) is 0 Å². The first-order valence-corrected chi connectivity index (χ1v) is 5.98. The Morgan fingerprint density at radius 3 is 2.50 bits per heavy atom. The summed E-state index contributed by atoms with van der Waals surface area (Å²) in [4.78, 5) is 0. The second-order valence-corrected chi connectivity index (χ2v) is 5.86. The molecule has 3 N–H and O–H groups in total. The van der Waals surface area contributed by atoms with Crippen LogP contribution in [0.1, 0.15) is 0 Å². The summed E-state index contributed by atoms with van der Waals surface area (Å²) in [5.41, 5.74) is 5.19. The van der Waals surface area contributed by atoms with E-state index in [2.05, 4.69) is 17.5 Å². The molecule has 1 fully saturated rings. The second-order valence-electron chi connectivity index (χ2n) is 2.71. The van der Waals surface area contributed by atoms with Gasteiger partial charge in [-0.1, -0.05) is 0 Å². The molecular formula is C5H9ClN2O2S2. The van der Waals surface area contributed by atoms with Crippen molar-refractivity contribution in [2.75, 3.05) is 11.5 Å². The maximum atomic E-state index is 11.0. The Labute approximate surface area is 81.4 Å². The van der Waals surface area contributed by atoms with E-state index in [4.69, 9.17) is 17.3 Å². The van der Waals surface area contributed by atoms with Crippen LogP contribution in [0, 0.1) is 0 Å². The molecule has 0 saturated carbocycles. The van der Waals surface area contributed by atoms with Crippen LogP contribution in [0.4, 0.5) is 0 Å². The predicted octanol–water partition coefficient (Wildman–Crippen LogP) is -0.776. The van der Waals surface area contributed by atoms with E-state index in [1.165, 1.54) is 0 Å². The topological polar surface area (TPSA) is 72.2 Å². The van der Waals surface area contributed by atoms with Gasteiger partial charge in [0.15, 0.2) is 14.9 Å². The number of halogens is 1. The highest BCUT2D eigenvalue weighted by atomic mass is 35.5.